The predicted molar refractivity (Wildman–Crippen MR) is 117 cm³/mol. The Morgan fingerprint density at radius 3 is 2.42 bits per heavy atom. The first-order valence-corrected chi connectivity index (χ1v) is 11.4. The highest BCUT2D eigenvalue weighted by atomic mass is 16.6. The number of rotatable bonds is 3. The second-order valence-electron chi connectivity index (χ2n) is 8.87. The first-order valence-electron chi connectivity index (χ1n) is 11.4. The van der Waals surface area contributed by atoms with Gasteiger partial charge in [-0.25, -0.2) is 9.59 Å². The molecular weight excluding hydrogens is 396 g/mol. The van der Waals surface area contributed by atoms with Crippen LogP contribution in [-0.2, 0) is 16.0 Å². The summed E-state index contributed by atoms with van der Waals surface area (Å²) in [5.41, 5.74) is 2.02. The summed E-state index contributed by atoms with van der Waals surface area (Å²) in [5.74, 6) is 0.532. The summed E-state index contributed by atoms with van der Waals surface area (Å²) in [7, 11) is 0. The number of urea groups is 1. The van der Waals surface area contributed by atoms with Crippen molar-refractivity contribution in [3.05, 3.63) is 29.8 Å². The summed E-state index contributed by atoms with van der Waals surface area (Å²) in [5, 5.41) is 3.01. The molecule has 2 fully saturated rings. The second-order valence-corrected chi connectivity index (χ2v) is 8.87. The van der Waals surface area contributed by atoms with E-state index in [-0.39, 0.29) is 24.6 Å². The van der Waals surface area contributed by atoms with Gasteiger partial charge in [-0.1, -0.05) is 25.1 Å². The summed E-state index contributed by atoms with van der Waals surface area (Å²) in [6, 6.07) is 7.91. The number of amides is 4. The van der Waals surface area contributed by atoms with Crippen molar-refractivity contribution in [3.8, 4) is 0 Å². The molecule has 1 aromatic rings. The molecule has 0 unspecified atom stereocenters. The van der Waals surface area contributed by atoms with Crippen molar-refractivity contribution < 1.29 is 19.1 Å². The average molecular weight is 429 g/mol. The summed E-state index contributed by atoms with van der Waals surface area (Å²) in [4.78, 5) is 42.8. The summed E-state index contributed by atoms with van der Waals surface area (Å²) < 4.78 is 5.29. The molecule has 0 saturated carbocycles. The van der Waals surface area contributed by atoms with Crippen LogP contribution >= 0.6 is 0 Å². The molecule has 8 nitrogen and oxygen atoms in total. The number of ether oxygens (including phenoxy) is 1. The summed E-state index contributed by atoms with van der Waals surface area (Å²) in [6.07, 6.45) is 3.79. The Labute approximate surface area is 183 Å². The molecule has 8 heteroatoms. The van der Waals surface area contributed by atoms with Crippen LogP contribution in [0.3, 0.4) is 0 Å². The largest absolute Gasteiger partial charge is 0.439 e. The highest BCUT2D eigenvalue weighted by Gasteiger charge is 2.32. The molecule has 0 atom stereocenters. The third-order valence-electron chi connectivity index (χ3n) is 6.76. The van der Waals surface area contributed by atoms with Gasteiger partial charge in [0.15, 0.2) is 6.61 Å². The number of nitrogens with one attached hydrogen (secondary N) is 1. The molecule has 4 rings (SSSR count). The lowest BCUT2D eigenvalue weighted by molar-refractivity contribution is -0.136. The molecule has 0 radical (unpaired) electrons. The Kier molecular flexibility index (Phi) is 6.63. The Hall–Kier alpha value is -2.77. The van der Waals surface area contributed by atoms with Gasteiger partial charge in [0.1, 0.15) is 0 Å². The molecule has 168 valence electrons. The number of anilines is 1. The normalized spacial score (nSPS) is 20.7. The van der Waals surface area contributed by atoms with Crippen LogP contribution in [0, 0.1) is 5.92 Å². The van der Waals surface area contributed by atoms with Crippen LogP contribution in [0.5, 0.6) is 0 Å². The van der Waals surface area contributed by atoms with Gasteiger partial charge in [-0.05, 0) is 49.7 Å². The molecule has 0 aromatic heterocycles. The minimum Gasteiger partial charge on any atom is -0.439 e. The van der Waals surface area contributed by atoms with Gasteiger partial charge in [0.2, 0.25) is 0 Å². The van der Waals surface area contributed by atoms with E-state index in [1.807, 2.05) is 29.2 Å². The quantitative estimate of drug-likeness (QED) is 0.803. The van der Waals surface area contributed by atoms with Crippen LogP contribution in [0.15, 0.2) is 24.3 Å². The fraction of sp³-hybridized carbons (Fsp3) is 0.609. The van der Waals surface area contributed by atoms with E-state index in [0.29, 0.717) is 38.4 Å². The Balaban J connectivity index is 1.23. The minimum absolute atomic E-state index is 0.0765. The third kappa shape index (κ3) is 5.11. The molecule has 2 saturated heterocycles. The lowest BCUT2D eigenvalue weighted by atomic mass is 9.99. The maximum Gasteiger partial charge on any atom is 0.410 e. The van der Waals surface area contributed by atoms with Gasteiger partial charge in [0.25, 0.3) is 5.91 Å². The first kappa shape index (κ1) is 21.5. The van der Waals surface area contributed by atoms with Crippen LogP contribution in [-0.4, -0.2) is 78.1 Å². The lowest BCUT2D eigenvalue weighted by Crippen LogP contribution is -2.50. The topological polar surface area (TPSA) is 82.2 Å². The number of carbonyl (C=O) groups excluding carboxylic acids is 3. The molecular formula is C23H32N4O4. The standard InChI is InChI=1S/C23H32N4O4/c1-17-6-11-25(12-7-17)21(28)16-31-23(30)26-13-9-19(10-14-26)27-15-8-18-4-2-3-5-20(18)24-22(27)29/h2-5,17,19H,6-16H2,1H3,(H,24,29). The predicted octanol–water partition coefficient (Wildman–Crippen LogP) is 2.94. The monoisotopic (exact) mass is 428 g/mol. The van der Waals surface area contributed by atoms with Crippen molar-refractivity contribution in [2.75, 3.05) is 44.6 Å². The van der Waals surface area contributed by atoms with Crippen LogP contribution in [0.4, 0.5) is 15.3 Å². The van der Waals surface area contributed by atoms with Gasteiger partial charge in [-0.15, -0.1) is 0 Å². The van der Waals surface area contributed by atoms with Crippen LogP contribution < -0.4 is 5.32 Å². The smallest absolute Gasteiger partial charge is 0.410 e. The molecule has 1 aromatic carbocycles. The van der Waals surface area contributed by atoms with Crippen molar-refractivity contribution in [2.24, 2.45) is 5.92 Å². The van der Waals surface area contributed by atoms with Crippen molar-refractivity contribution in [2.45, 2.75) is 45.1 Å². The van der Waals surface area contributed by atoms with E-state index in [9.17, 15) is 14.4 Å². The van der Waals surface area contributed by atoms with Crippen LogP contribution in [0.2, 0.25) is 0 Å². The number of para-hydroxylation sites is 1. The van der Waals surface area contributed by atoms with Gasteiger partial charge >= 0.3 is 12.1 Å². The molecule has 31 heavy (non-hydrogen) atoms. The number of hydrogen-bond acceptors (Lipinski definition) is 4. The third-order valence-corrected chi connectivity index (χ3v) is 6.76. The van der Waals surface area contributed by atoms with E-state index in [1.165, 1.54) is 0 Å². The van der Waals surface area contributed by atoms with Crippen LogP contribution in [0.1, 0.15) is 38.2 Å². The molecule has 3 heterocycles. The number of fused-ring (bicyclic) bond motifs is 1. The van der Waals surface area contributed by atoms with Gasteiger partial charge in [0, 0.05) is 44.5 Å². The highest BCUT2D eigenvalue weighted by Crippen LogP contribution is 2.24. The number of hydrogen-bond donors (Lipinski definition) is 1. The maximum absolute atomic E-state index is 12.7. The fourth-order valence-corrected chi connectivity index (χ4v) is 4.66. The summed E-state index contributed by atoms with van der Waals surface area (Å²) in [6.45, 7) is 5.20. The van der Waals surface area contributed by atoms with Gasteiger partial charge in [-0.2, -0.15) is 0 Å². The molecule has 3 aliphatic heterocycles. The van der Waals surface area contributed by atoms with E-state index in [4.69, 9.17) is 4.74 Å². The van der Waals surface area contributed by atoms with Crippen molar-refractivity contribution in [3.63, 3.8) is 0 Å². The molecule has 4 amide bonds. The first-order chi connectivity index (χ1) is 15.0. The van der Waals surface area contributed by atoms with Gasteiger partial charge in [-0.3, -0.25) is 4.79 Å². The van der Waals surface area contributed by atoms with Crippen molar-refractivity contribution in [1.29, 1.82) is 0 Å². The number of nitrogens with zero attached hydrogens (tertiary/aromatic N) is 3. The second kappa shape index (κ2) is 9.58. The fourth-order valence-electron chi connectivity index (χ4n) is 4.66. The van der Waals surface area contributed by atoms with Crippen molar-refractivity contribution >= 4 is 23.7 Å². The van der Waals surface area contributed by atoms with E-state index in [0.717, 1.165) is 43.6 Å². The van der Waals surface area contributed by atoms with Crippen LogP contribution in [0.25, 0.3) is 0 Å². The number of carbonyl (C=O) groups is 3. The Morgan fingerprint density at radius 1 is 1.00 bits per heavy atom. The van der Waals surface area contributed by atoms with E-state index < -0.39 is 6.09 Å². The van der Waals surface area contributed by atoms with Crippen molar-refractivity contribution in [1.82, 2.24) is 14.7 Å². The molecule has 0 aliphatic carbocycles. The zero-order valence-corrected chi connectivity index (χ0v) is 18.2. The average Bonchev–Trinajstić information content (AvgIpc) is 2.96. The zero-order valence-electron chi connectivity index (χ0n) is 18.2. The SMILES string of the molecule is CC1CCN(C(=O)COC(=O)N2CCC(N3CCc4ccccc4NC3=O)CC2)CC1. The highest BCUT2D eigenvalue weighted by molar-refractivity contribution is 5.91. The molecule has 3 aliphatic rings. The maximum atomic E-state index is 12.7. The van der Waals surface area contributed by atoms with Gasteiger partial charge in [0.05, 0.1) is 0 Å². The molecule has 1 N–H and O–H groups in total. The number of piperidine rings is 2. The van der Waals surface area contributed by atoms with Gasteiger partial charge < -0.3 is 24.8 Å². The Bertz CT molecular complexity index is 814. The molecule has 0 spiro atoms. The van der Waals surface area contributed by atoms with E-state index in [2.05, 4.69) is 12.2 Å². The number of benzene rings is 1. The Morgan fingerprint density at radius 2 is 1.68 bits per heavy atom. The zero-order chi connectivity index (χ0) is 21.8. The minimum atomic E-state index is -0.440. The van der Waals surface area contributed by atoms with E-state index >= 15 is 0 Å². The number of likely N-dealkylation sites (tertiary alicyclic amines) is 2. The summed E-state index contributed by atoms with van der Waals surface area (Å²) >= 11 is 0. The molecule has 0 bridgehead atoms. The van der Waals surface area contributed by atoms with E-state index in [1.54, 1.807) is 9.80 Å². The lowest BCUT2D eigenvalue weighted by Gasteiger charge is -2.37.